The third kappa shape index (κ3) is 8.78. The van der Waals surface area contributed by atoms with Gasteiger partial charge in [0.1, 0.15) is 21.4 Å². The van der Waals surface area contributed by atoms with E-state index in [1.54, 1.807) is 63.4 Å². The van der Waals surface area contributed by atoms with Crippen molar-refractivity contribution in [1.29, 1.82) is 0 Å². The van der Waals surface area contributed by atoms with Gasteiger partial charge in [0.05, 0.1) is 11.4 Å². The lowest BCUT2D eigenvalue weighted by atomic mass is 10.1. The van der Waals surface area contributed by atoms with Gasteiger partial charge in [-0.2, -0.15) is 0 Å². The Balaban J connectivity index is 0.000000265. The third-order valence-electron chi connectivity index (χ3n) is 7.35. The minimum Gasteiger partial charge on any atom is -0.316 e. The highest BCUT2D eigenvalue weighted by atomic mass is 35.5. The van der Waals surface area contributed by atoms with E-state index in [-0.39, 0.29) is 62.7 Å². The van der Waals surface area contributed by atoms with E-state index in [4.69, 9.17) is 0 Å². The number of rotatable bonds is 9. The normalized spacial score (nSPS) is 11.1. The fourth-order valence-corrected chi connectivity index (χ4v) is 7.56. The zero-order valence-electron chi connectivity index (χ0n) is 27.4. The summed E-state index contributed by atoms with van der Waals surface area (Å²) in [5.74, 6) is -1.05. The highest BCUT2D eigenvalue weighted by molar-refractivity contribution is 7.90. The van der Waals surface area contributed by atoms with E-state index in [0.717, 1.165) is 19.2 Å². The molecular formula is C35H33Cl2F2N5O5S2. The monoisotopic (exact) mass is 775 g/mol. The Bertz CT molecular complexity index is 2350. The summed E-state index contributed by atoms with van der Waals surface area (Å²) in [4.78, 5) is 19.1. The van der Waals surface area contributed by atoms with E-state index in [9.17, 15) is 30.4 Å². The van der Waals surface area contributed by atoms with Gasteiger partial charge in [-0.15, -0.1) is 24.8 Å². The van der Waals surface area contributed by atoms with Crippen molar-refractivity contribution in [2.75, 3.05) is 7.05 Å². The summed E-state index contributed by atoms with van der Waals surface area (Å²) in [7, 11) is -6.14. The zero-order chi connectivity index (χ0) is 35.3. The molecule has 0 atom stereocenters. The van der Waals surface area contributed by atoms with Gasteiger partial charge < -0.3 is 5.32 Å². The molecule has 0 fully saturated rings. The smallest absolute Gasteiger partial charge is 0.269 e. The molecule has 0 spiro atoms. The molecule has 0 amide bonds. The topological polar surface area (TPSA) is 133 Å². The number of nitrogens with one attached hydrogen (secondary N) is 1. The quantitative estimate of drug-likeness (QED) is 0.158. The van der Waals surface area contributed by atoms with Crippen molar-refractivity contribution in [3.8, 4) is 22.5 Å². The van der Waals surface area contributed by atoms with Crippen molar-refractivity contribution in [2.45, 2.75) is 30.2 Å². The fourth-order valence-electron chi connectivity index (χ4n) is 4.89. The maximum absolute atomic E-state index is 14.3. The second kappa shape index (κ2) is 17.0. The predicted molar refractivity (Wildman–Crippen MR) is 195 cm³/mol. The molecular weight excluding hydrogens is 743 g/mol. The lowest BCUT2D eigenvalue weighted by Gasteiger charge is -2.11. The number of benzene rings is 2. The Morgan fingerprint density at radius 3 is 1.55 bits per heavy atom. The molecule has 0 saturated carbocycles. The first-order valence-corrected chi connectivity index (χ1v) is 17.6. The number of aromatic nitrogens is 4. The molecule has 1 N–H and O–H groups in total. The van der Waals surface area contributed by atoms with Gasteiger partial charge in [-0.1, -0.05) is 24.3 Å². The molecule has 2 aromatic carbocycles. The molecule has 6 aromatic rings. The number of aryl methyl sites for hydroxylation is 2. The number of hydrogen-bond donors (Lipinski definition) is 1. The SMILES string of the molecule is CNCc1cc(-c2ccccc2F)n(S(=O)(=O)c2ccc(C)nc2)c1.Cc1ccc(S(=O)(=O)n2cc(C=O)cc2-c2ccccc2F)cn1.Cl.Cl. The second-order valence-corrected chi connectivity index (χ2v) is 14.5. The van der Waals surface area contributed by atoms with Crippen LogP contribution in [0.25, 0.3) is 22.5 Å². The molecule has 268 valence electrons. The number of halogens is 4. The molecule has 0 aliphatic carbocycles. The summed E-state index contributed by atoms with van der Waals surface area (Å²) in [5.41, 5.74) is 2.95. The van der Waals surface area contributed by atoms with Crippen LogP contribution in [0, 0.1) is 25.5 Å². The van der Waals surface area contributed by atoms with E-state index < -0.39 is 31.7 Å². The molecule has 51 heavy (non-hydrogen) atoms. The summed E-state index contributed by atoms with van der Waals surface area (Å²) in [6, 6.07) is 21.0. The van der Waals surface area contributed by atoms with Crippen molar-refractivity contribution in [3.63, 3.8) is 0 Å². The van der Waals surface area contributed by atoms with Crippen LogP contribution in [0.5, 0.6) is 0 Å². The first-order chi connectivity index (χ1) is 23.4. The van der Waals surface area contributed by atoms with Gasteiger partial charge in [0.2, 0.25) is 0 Å². The van der Waals surface area contributed by atoms with E-state index in [1.165, 1.54) is 67.3 Å². The number of aldehydes is 1. The highest BCUT2D eigenvalue weighted by Crippen LogP contribution is 2.30. The Labute approximate surface area is 307 Å². The second-order valence-electron chi connectivity index (χ2n) is 10.9. The summed E-state index contributed by atoms with van der Waals surface area (Å²) in [6.07, 6.45) is 5.74. The number of carbonyl (C=O) groups excluding carboxylic acids is 1. The summed E-state index contributed by atoms with van der Waals surface area (Å²) >= 11 is 0. The van der Waals surface area contributed by atoms with Gasteiger partial charge in [0.25, 0.3) is 20.0 Å². The molecule has 4 aromatic heterocycles. The predicted octanol–water partition coefficient (Wildman–Crippen LogP) is 6.84. The van der Waals surface area contributed by atoms with Crippen molar-refractivity contribution in [3.05, 3.63) is 144 Å². The number of nitrogens with zero attached hydrogens (tertiary/aromatic N) is 4. The molecule has 4 heterocycles. The molecule has 6 rings (SSSR count). The molecule has 16 heteroatoms. The summed E-state index contributed by atoms with van der Waals surface area (Å²) in [6.45, 7) is 3.99. The van der Waals surface area contributed by atoms with Gasteiger partial charge in [-0.25, -0.2) is 33.6 Å². The van der Waals surface area contributed by atoms with Gasteiger partial charge >= 0.3 is 0 Å². The Kier molecular flexibility index (Phi) is 13.6. The van der Waals surface area contributed by atoms with Crippen LogP contribution in [0.1, 0.15) is 27.3 Å². The van der Waals surface area contributed by atoms with Crippen LogP contribution in [0.15, 0.2) is 120 Å². The third-order valence-corrected chi connectivity index (χ3v) is 10.7. The molecule has 0 unspecified atom stereocenters. The minimum atomic E-state index is -4.01. The standard InChI is InChI=1S/C18H18FN3O2S.C17H13FN2O3S.2ClH/c1-13-7-8-15(11-21-13)25(23,24)22-12-14(10-20-2)9-18(22)16-5-3-4-6-17(16)19;1-12-6-7-14(9-19-12)24(22,23)20-10-13(11-21)8-17(20)15-4-2-3-5-16(15)18;;/h3-9,11-12,20H,10H2,1-2H3;2-11H,1H3;2*1H. The molecule has 10 nitrogen and oxygen atoms in total. The van der Waals surface area contributed by atoms with Crippen LogP contribution in [-0.4, -0.2) is 48.1 Å². The Hall–Kier alpha value is -4.73. The Morgan fingerprint density at radius 1 is 0.686 bits per heavy atom. The lowest BCUT2D eigenvalue weighted by molar-refractivity contribution is 0.112. The van der Waals surface area contributed by atoms with Gasteiger partial charge in [-0.3, -0.25) is 14.8 Å². The van der Waals surface area contributed by atoms with Crippen molar-refractivity contribution >= 4 is 51.1 Å². The molecule has 0 radical (unpaired) electrons. The van der Waals surface area contributed by atoms with Crippen LogP contribution >= 0.6 is 24.8 Å². The first-order valence-electron chi connectivity index (χ1n) is 14.8. The van der Waals surface area contributed by atoms with Crippen molar-refractivity contribution in [2.24, 2.45) is 0 Å². The van der Waals surface area contributed by atoms with Crippen LogP contribution in [0.4, 0.5) is 8.78 Å². The van der Waals surface area contributed by atoms with Gasteiger partial charge in [0.15, 0.2) is 6.29 Å². The summed E-state index contributed by atoms with van der Waals surface area (Å²) in [5, 5.41) is 2.98. The lowest BCUT2D eigenvalue weighted by Crippen LogP contribution is -2.14. The Morgan fingerprint density at radius 2 is 1.14 bits per heavy atom. The number of carbonyl (C=O) groups is 1. The minimum absolute atomic E-state index is 0. The average molecular weight is 777 g/mol. The van der Waals surface area contributed by atoms with Crippen LogP contribution in [0.2, 0.25) is 0 Å². The van der Waals surface area contributed by atoms with E-state index in [0.29, 0.717) is 18.5 Å². The molecule has 0 bridgehead atoms. The fraction of sp³-hybridized carbons (Fsp3) is 0.114. The molecule has 0 aliphatic rings. The number of hydrogen-bond acceptors (Lipinski definition) is 8. The largest absolute Gasteiger partial charge is 0.316 e. The first kappa shape index (κ1) is 40.7. The molecule has 0 saturated heterocycles. The number of pyridine rings is 2. The van der Waals surface area contributed by atoms with Crippen LogP contribution < -0.4 is 5.32 Å². The van der Waals surface area contributed by atoms with Crippen molar-refractivity contribution < 1.29 is 30.4 Å². The van der Waals surface area contributed by atoms with E-state index in [1.807, 2.05) is 0 Å². The zero-order valence-corrected chi connectivity index (χ0v) is 30.7. The van der Waals surface area contributed by atoms with E-state index >= 15 is 0 Å². The summed E-state index contributed by atoms with van der Waals surface area (Å²) < 4.78 is 82.2. The maximum atomic E-state index is 14.3. The van der Waals surface area contributed by atoms with Crippen LogP contribution in [-0.2, 0) is 26.6 Å². The van der Waals surface area contributed by atoms with Gasteiger partial charge in [0, 0.05) is 59.4 Å². The van der Waals surface area contributed by atoms with Crippen LogP contribution in [0.3, 0.4) is 0 Å². The average Bonchev–Trinajstić information content (AvgIpc) is 3.72. The maximum Gasteiger partial charge on any atom is 0.269 e. The molecule has 0 aliphatic heterocycles. The van der Waals surface area contributed by atoms with Crippen molar-refractivity contribution in [1.82, 2.24) is 23.2 Å². The highest BCUT2D eigenvalue weighted by Gasteiger charge is 2.25. The van der Waals surface area contributed by atoms with E-state index in [2.05, 4.69) is 15.3 Å². The van der Waals surface area contributed by atoms with Gasteiger partial charge in [-0.05, 0) is 87.1 Å².